The number of halogens is 3. The minimum Gasteiger partial charge on any atom is -0.325 e. The molecule has 1 saturated heterocycles. The van der Waals surface area contributed by atoms with E-state index in [1.54, 1.807) is 24.4 Å². The molecule has 182 valence electrons. The highest BCUT2D eigenvalue weighted by Crippen LogP contribution is 2.36. The van der Waals surface area contributed by atoms with Gasteiger partial charge < -0.3 is 15.5 Å². The van der Waals surface area contributed by atoms with Gasteiger partial charge in [-0.25, -0.2) is 15.0 Å². The predicted octanol–water partition coefficient (Wildman–Crippen LogP) is 4.02. The van der Waals surface area contributed by atoms with Crippen LogP contribution in [-0.4, -0.2) is 62.8 Å². The molecule has 0 spiro atoms. The lowest BCUT2D eigenvalue weighted by Crippen LogP contribution is -2.43. The standard InChI is InChI=1S/C24H25F3N8/c25-24(26,27)19-8-2-1-6-17(19)22-30-16(5-4-12-35-13-10-28-11-14-35)15-20(31-22)32-23-18-7-3-9-29-21(18)33-34-23/h1-3,6-9,15,28H,4-5,10-14H2,(H2,29,30,31,32,33,34). The van der Waals surface area contributed by atoms with Crippen LogP contribution >= 0.6 is 0 Å². The van der Waals surface area contributed by atoms with E-state index in [0.29, 0.717) is 29.4 Å². The molecular formula is C24H25F3N8. The summed E-state index contributed by atoms with van der Waals surface area (Å²) in [5.41, 5.74) is 0.387. The molecule has 35 heavy (non-hydrogen) atoms. The van der Waals surface area contributed by atoms with E-state index in [1.807, 2.05) is 6.07 Å². The van der Waals surface area contributed by atoms with Crippen molar-refractivity contribution in [3.8, 4) is 11.4 Å². The molecule has 0 radical (unpaired) electrons. The molecule has 0 bridgehead atoms. The van der Waals surface area contributed by atoms with Crippen LogP contribution in [0.2, 0.25) is 0 Å². The Balaban J connectivity index is 1.47. The van der Waals surface area contributed by atoms with Gasteiger partial charge in [-0.05, 0) is 37.6 Å². The fourth-order valence-electron chi connectivity index (χ4n) is 4.23. The molecule has 0 saturated carbocycles. The van der Waals surface area contributed by atoms with Crippen molar-refractivity contribution in [3.05, 3.63) is 59.9 Å². The van der Waals surface area contributed by atoms with Crippen molar-refractivity contribution < 1.29 is 13.2 Å². The zero-order chi connectivity index (χ0) is 24.3. The summed E-state index contributed by atoms with van der Waals surface area (Å²) >= 11 is 0. The van der Waals surface area contributed by atoms with Crippen molar-refractivity contribution in [1.82, 2.24) is 35.4 Å². The van der Waals surface area contributed by atoms with Gasteiger partial charge in [0.05, 0.1) is 10.9 Å². The average molecular weight is 483 g/mol. The Labute approximate surface area is 200 Å². The first-order chi connectivity index (χ1) is 17.0. The fourth-order valence-corrected chi connectivity index (χ4v) is 4.23. The van der Waals surface area contributed by atoms with Crippen LogP contribution in [0.15, 0.2) is 48.7 Å². The predicted molar refractivity (Wildman–Crippen MR) is 127 cm³/mol. The molecule has 0 amide bonds. The number of nitrogens with one attached hydrogen (secondary N) is 3. The van der Waals surface area contributed by atoms with E-state index >= 15 is 0 Å². The largest absolute Gasteiger partial charge is 0.417 e. The van der Waals surface area contributed by atoms with Gasteiger partial charge in [0.2, 0.25) is 0 Å². The molecular weight excluding hydrogens is 457 g/mol. The zero-order valence-electron chi connectivity index (χ0n) is 18.9. The molecule has 0 atom stereocenters. The van der Waals surface area contributed by atoms with E-state index in [9.17, 15) is 13.2 Å². The number of hydrogen-bond donors (Lipinski definition) is 3. The third-order valence-corrected chi connectivity index (χ3v) is 5.95. The molecule has 0 aliphatic carbocycles. The number of nitrogens with zero attached hydrogens (tertiary/aromatic N) is 5. The molecule has 3 N–H and O–H groups in total. The van der Waals surface area contributed by atoms with Gasteiger partial charge in [-0.2, -0.15) is 18.3 Å². The number of H-pyrrole nitrogens is 1. The summed E-state index contributed by atoms with van der Waals surface area (Å²) in [4.78, 5) is 15.6. The maximum absolute atomic E-state index is 13.7. The van der Waals surface area contributed by atoms with Crippen molar-refractivity contribution in [1.29, 1.82) is 0 Å². The number of aromatic nitrogens is 5. The summed E-state index contributed by atoms with van der Waals surface area (Å²) < 4.78 is 41.2. The summed E-state index contributed by atoms with van der Waals surface area (Å²) in [6, 6.07) is 10.8. The van der Waals surface area contributed by atoms with Crippen LogP contribution < -0.4 is 10.6 Å². The number of piperazine rings is 1. The Morgan fingerprint density at radius 2 is 1.86 bits per heavy atom. The minimum atomic E-state index is -4.52. The molecule has 1 aromatic carbocycles. The number of pyridine rings is 1. The third kappa shape index (κ3) is 5.41. The lowest BCUT2D eigenvalue weighted by Gasteiger charge is -2.27. The molecule has 8 nitrogen and oxygen atoms in total. The summed E-state index contributed by atoms with van der Waals surface area (Å²) in [5, 5.41) is 14.3. The lowest BCUT2D eigenvalue weighted by molar-refractivity contribution is -0.137. The van der Waals surface area contributed by atoms with Gasteiger partial charge in [0, 0.05) is 49.7 Å². The third-order valence-electron chi connectivity index (χ3n) is 5.95. The highest BCUT2D eigenvalue weighted by molar-refractivity contribution is 5.88. The van der Waals surface area contributed by atoms with E-state index < -0.39 is 11.7 Å². The first-order valence-electron chi connectivity index (χ1n) is 11.5. The van der Waals surface area contributed by atoms with Gasteiger partial charge in [0.25, 0.3) is 0 Å². The Morgan fingerprint density at radius 1 is 1.03 bits per heavy atom. The number of fused-ring (bicyclic) bond motifs is 1. The summed E-state index contributed by atoms with van der Waals surface area (Å²) in [7, 11) is 0. The van der Waals surface area contributed by atoms with Gasteiger partial charge in [-0.1, -0.05) is 18.2 Å². The van der Waals surface area contributed by atoms with Crippen molar-refractivity contribution in [3.63, 3.8) is 0 Å². The van der Waals surface area contributed by atoms with Gasteiger partial charge in [0.1, 0.15) is 11.6 Å². The van der Waals surface area contributed by atoms with Crippen molar-refractivity contribution in [2.24, 2.45) is 0 Å². The molecule has 11 heteroatoms. The number of anilines is 2. The van der Waals surface area contributed by atoms with Gasteiger partial charge in [0.15, 0.2) is 11.5 Å². The number of aryl methyl sites for hydroxylation is 1. The minimum absolute atomic E-state index is 0.0297. The molecule has 3 aromatic heterocycles. The second-order valence-corrected chi connectivity index (χ2v) is 8.40. The highest BCUT2D eigenvalue weighted by atomic mass is 19.4. The second kappa shape index (κ2) is 9.96. The molecule has 4 heterocycles. The van der Waals surface area contributed by atoms with Gasteiger partial charge in [-0.3, -0.25) is 5.10 Å². The molecule has 5 rings (SSSR count). The van der Waals surface area contributed by atoms with Crippen molar-refractivity contribution >= 4 is 22.7 Å². The van der Waals surface area contributed by atoms with E-state index in [2.05, 4.69) is 40.7 Å². The number of alkyl halides is 3. The molecule has 1 aliphatic heterocycles. The van der Waals surface area contributed by atoms with Crippen LogP contribution in [0.4, 0.5) is 24.8 Å². The lowest BCUT2D eigenvalue weighted by atomic mass is 10.1. The van der Waals surface area contributed by atoms with Crippen LogP contribution in [-0.2, 0) is 12.6 Å². The van der Waals surface area contributed by atoms with Gasteiger partial charge in [-0.15, -0.1) is 0 Å². The first-order valence-corrected chi connectivity index (χ1v) is 11.5. The maximum atomic E-state index is 13.7. The maximum Gasteiger partial charge on any atom is 0.417 e. The van der Waals surface area contributed by atoms with Gasteiger partial charge >= 0.3 is 6.18 Å². The second-order valence-electron chi connectivity index (χ2n) is 8.40. The number of aromatic amines is 1. The van der Waals surface area contributed by atoms with E-state index in [4.69, 9.17) is 0 Å². The summed E-state index contributed by atoms with van der Waals surface area (Å²) in [6.07, 6.45) is -1.42. The van der Waals surface area contributed by atoms with Crippen molar-refractivity contribution in [2.75, 3.05) is 38.0 Å². The average Bonchev–Trinajstić information content (AvgIpc) is 3.27. The normalized spacial score (nSPS) is 14.9. The van der Waals surface area contributed by atoms with Crippen molar-refractivity contribution in [2.45, 2.75) is 19.0 Å². The zero-order valence-corrected chi connectivity index (χ0v) is 18.9. The Morgan fingerprint density at radius 3 is 2.69 bits per heavy atom. The molecule has 1 aliphatic rings. The highest BCUT2D eigenvalue weighted by Gasteiger charge is 2.34. The van der Waals surface area contributed by atoms with E-state index in [0.717, 1.165) is 50.6 Å². The fraction of sp³-hybridized carbons (Fsp3) is 0.333. The quantitative estimate of drug-likeness (QED) is 0.366. The van der Waals surface area contributed by atoms with Crippen LogP contribution in [0.3, 0.4) is 0 Å². The van der Waals surface area contributed by atoms with Crippen LogP contribution in [0.5, 0.6) is 0 Å². The SMILES string of the molecule is FC(F)(F)c1ccccc1-c1nc(CCCN2CCNCC2)cc(Nc2[nH]nc3ncccc23)n1. The number of rotatable bonds is 7. The van der Waals surface area contributed by atoms with E-state index in [-0.39, 0.29) is 11.4 Å². The first kappa shape index (κ1) is 23.2. The van der Waals surface area contributed by atoms with Crippen LogP contribution in [0.1, 0.15) is 17.7 Å². The summed E-state index contributed by atoms with van der Waals surface area (Å²) in [6.45, 7) is 4.81. The molecule has 0 unspecified atom stereocenters. The van der Waals surface area contributed by atoms with E-state index in [1.165, 1.54) is 12.1 Å². The monoisotopic (exact) mass is 482 g/mol. The van der Waals surface area contributed by atoms with Crippen LogP contribution in [0, 0.1) is 0 Å². The van der Waals surface area contributed by atoms with Crippen LogP contribution in [0.25, 0.3) is 22.4 Å². The molecule has 4 aromatic rings. The number of hydrogen-bond acceptors (Lipinski definition) is 7. The topological polar surface area (TPSA) is 94.7 Å². The molecule has 1 fully saturated rings. The number of benzene rings is 1. The summed E-state index contributed by atoms with van der Waals surface area (Å²) in [5.74, 6) is 0.981. The smallest absolute Gasteiger partial charge is 0.325 e. The Bertz CT molecular complexity index is 1300. The Kier molecular flexibility index (Phi) is 6.60. The Hall–Kier alpha value is -3.57.